The van der Waals surface area contributed by atoms with Gasteiger partial charge in [-0.3, -0.25) is 0 Å². The fourth-order valence-electron chi connectivity index (χ4n) is 7.96. The van der Waals surface area contributed by atoms with E-state index in [1.165, 1.54) is 44.5 Å². The van der Waals surface area contributed by atoms with Crippen molar-refractivity contribution in [1.29, 1.82) is 0 Å². The van der Waals surface area contributed by atoms with E-state index in [1.807, 2.05) is 0 Å². The van der Waals surface area contributed by atoms with Crippen LogP contribution in [0.25, 0.3) is 11.1 Å². The van der Waals surface area contributed by atoms with Crippen LogP contribution in [-0.4, -0.2) is 3.26 Å². The number of halogens is 2. The molecule has 50 heavy (non-hydrogen) atoms. The van der Waals surface area contributed by atoms with Crippen LogP contribution in [0.5, 0.6) is 0 Å². The first kappa shape index (κ1) is 40.5. The van der Waals surface area contributed by atoms with E-state index in [2.05, 4.69) is 186 Å². The first-order chi connectivity index (χ1) is 22.4. The monoisotopic (exact) mass is 870 g/mol. The van der Waals surface area contributed by atoms with Gasteiger partial charge in [-0.2, -0.15) is 0 Å². The molecular weight excluding hydrogens is 814 g/mol. The zero-order valence-electron chi connectivity index (χ0n) is 32.4. The van der Waals surface area contributed by atoms with Crippen molar-refractivity contribution < 1.29 is 45.8 Å². The van der Waals surface area contributed by atoms with Gasteiger partial charge in [0, 0.05) is 0 Å². The minimum absolute atomic E-state index is 0. The second-order valence-corrected chi connectivity index (χ2v) is 27.4. The standard InChI is InChI=1S/C29H41.C13H10.C5H5.2ClH.Hf/c1-26(2,3)22-14-18-13-19-15-23(27(4,5)6)25(29(10,11)12)17-21(19)20(18)16-24(22)28(7,8)9;1-3-7-12(8-4-1)11-13-9-5-2-6-10-13;1-2-4-5-3-1;;;/h13-17H,1-12H3;1-10H;1-3H,4H2;2*1H;/q;;;;;+2/p-2. The van der Waals surface area contributed by atoms with E-state index in [9.17, 15) is 0 Å². The fraction of sp³-hybridized carbons (Fsp3) is 0.383. The van der Waals surface area contributed by atoms with Crippen molar-refractivity contribution in [2.75, 3.05) is 0 Å². The van der Waals surface area contributed by atoms with Crippen LogP contribution in [0.15, 0.2) is 106 Å². The maximum atomic E-state index is 2.69. The van der Waals surface area contributed by atoms with E-state index >= 15 is 0 Å². The third kappa shape index (κ3) is 7.72. The van der Waals surface area contributed by atoms with E-state index in [0.717, 1.165) is 6.42 Å². The minimum Gasteiger partial charge on any atom is -1.00 e. The van der Waals surface area contributed by atoms with Gasteiger partial charge in [-0.05, 0) is 0 Å². The van der Waals surface area contributed by atoms with E-state index in [1.54, 1.807) is 17.7 Å². The molecule has 0 unspecified atom stereocenters. The first-order valence-electron chi connectivity index (χ1n) is 18.0. The van der Waals surface area contributed by atoms with Crippen molar-refractivity contribution in [2.24, 2.45) is 0 Å². The van der Waals surface area contributed by atoms with Gasteiger partial charge in [0.25, 0.3) is 0 Å². The Morgan fingerprint density at radius 2 is 0.880 bits per heavy atom. The summed E-state index contributed by atoms with van der Waals surface area (Å²) in [4.78, 5) is 0. The number of hydrogen-bond donors (Lipinski definition) is 0. The summed E-state index contributed by atoms with van der Waals surface area (Å²) in [6.07, 6.45) is 8.31. The molecule has 0 saturated heterocycles. The van der Waals surface area contributed by atoms with Crippen LogP contribution < -0.4 is 24.8 Å². The number of fused-ring (bicyclic) bond motifs is 3. The van der Waals surface area contributed by atoms with Crippen LogP contribution in [0.4, 0.5) is 0 Å². The Bertz CT molecular complexity index is 1830. The maximum Gasteiger partial charge on any atom is -1.00 e. The molecule has 0 amide bonds. The average Bonchev–Trinajstić information content (AvgIpc) is 3.64. The van der Waals surface area contributed by atoms with E-state index in [0.29, 0.717) is 3.67 Å². The van der Waals surface area contributed by atoms with Gasteiger partial charge in [0.2, 0.25) is 0 Å². The van der Waals surface area contributed by atoms with Crippen molar-refractivity contribution in [2.45, 2.75) is 115 Å². The Hall–Kier alpha value is -2.32. The van der Waals surface area contributed by atoms with Gasteiger partial charge in [-0.25, -0.2) is 0 Å². The molecule has 0 aromatic heterocycles. The largest absolute Gasteiger partial charge is 1.00 e. The normalized spacial score (nSPS) is 14.2. The second-order valence-electron chi connectivity index (χ2n) is 18.2. The summed E-state index contributed by atoms with van der Waals surface area (Å²) >= 11 is -3.05. The molecule has 4 aromatic rings. The van der Waals surface area contributed by atoms with Crippen LogP contribution >= 0.6 is 0 Å². The summed E-state index contributed by atoms with van der Waals surface area (Å²) in [7, 11) is 0. The summed E-state index contributed by atoms with van der Waals surface area (Å²) in [5.41, 5.74) is 15.1. The van der Waals surface area contributed by atoms with Gasteiger partial charge in [0.05, 0.1) is 0 Å². The van der Waals surface area contributed by atoms with Crippen LogP contribution in [0, 0.1) is 0 Å². The van der Waals surface area contributed by atoms with Gasteiger partial charge < -0.3 is 24.8 Å². The van der Waals surface area contributed by atoms with Crippen molar-refractivity contribution in [1.82, 2.24) is 0 Å². The molecule has 0 saturated carbocycles. The molecule has 0 nitrogen and oxygen atoms in total. The molecule has 4 aromatic carbocycles. The van der Waals surface area contributed by atoms with Crippen LogP contribution in [-0.2, 0) is 42.6 Å². The molecule has 3 heteroatoms. The number of hydrogen-bond acceptors (Lipinski definition) is 0. The van der Waals surface area contributed by atoms with Crippen LogP contribution in [0.3, 0.4) is 0 Å². The second kappa shape index (κ2) is 14.6. The Morgan fingerprint density at radius 3 is 1.20 bits per heavy atom. The molecule has 0 fully saturated rings. The molecule has 0 atom stereocenters. The minimum atomic E-state index is -3.05. The SMILES string of the molecule is CC(C)(C)c1cc2c(cc1C(C)(C)C)[CH]([Hf+2]([C]1=CC=CC1)=[C](c1ccccc1)c1ccccc1)c1cc(C(C)(C)C)c(C(C)(C)C)cc1-2.[Cl-].[Cl-]. The predicted octanol–water partition coefficient (Wildman–Crippen LogP) is 6.69. The molecule has 0 bridgehead atoms. The fourth-order valence-corrected chi connectivity index (χ4v) is 21.1. The predicted molar refractivity (Wildman–Crippen MR) is 206 cm³/mol. The topological polar surface area (TPSA) is 0 Å². The summed E-state index contributed by atoms with van der Waals surface area (Å²) < 4.78 is 3.74. The molecular formula is C47H56Cl2Hf. The van der Waals surface area contributed by atoms with Gasteiger partial charge >= 0.3 is 301 Å². The first-order valence-corrected chi connectivity index (χ1v) is 23.6. The summed E-state index contributed by atoms with van der Waals surface area (Å²) in [6.45, 7) is 28.8. The Kier molecular flexibility index (Phi) is 11.8. The summed E-state index contributed by atoms with van der Waals surface area (Å²) in [5.74, 6) is 0. The molecule has 2 aliphatic rings. The molecule has 2 aliphatic carbocycles. The average molecular weight is 870 g/mol. The molecule has 0 N–H and O–H groups in total. The number of benzene rings is 4. The molecule has 6 rings (SSSR count). The molecule has 262 valence electrons. The van der Waals surface area contributed by atoms with Gasteiger partial charge in [-0.15, -0.1) is 0 Å². The molecule has 0 spiro atoms. The third-order valence-electron chi connectivity index (χ3n) is 10.3. The van der Waals surface area contributed by atoms with Crippen LogP contribution in [0.2, 0.25) is 0 Å². The zero-order valence-corrected chi connectivity index (χ0v) is 37.5. The third-order valence-corrected chi connectivity index (χ3v) is 22.5. The van der Waals surface area contributed by atoms with Crippen LogP contribution in [0.1, 0.15) is 138 Å². The smallest absolute Gasteiger partial charge is 1.00 e. The van der Waals surface area contributed by atoms with E-state index in [4.69, 9.17) is 0 Å². The summed E-state index contributed by atoms with van der Waals surface area (Å²) in [5, 5.41) is 0. The van der Waals surface area contributed by atoms with Crippen molar-refractivity contribution in [3.63, 3.8) is 0 Å². The van der Waals surface area contributed by atoms with Crippen molar-refractivity contribution in [3.8, 4) is 11.1 Å². The van der Waals surface area contributed by atoms with Crippen molar-refractivity contribution in [3.05, 3.63) is 151 Å². The quantitative estimate of drug-likeness (QED) is 0.201. The summed E-state index contributed by atoms with van der Waals surface area (Å²) in [6, 6.07) is 33.4. The molecule has 0 aliphatic heterocycles. The molecule has 0 radical (unpaired) electrons. The van der Waals surface area contributed by atoms with Crippen molar-refractivity contribution >= 4 is 3.26 Å². The number of allylic oxidation sites excluding steroid dienone is 4. The van der Waals surface area contributed by atoms with Gasteiger partial charge in [0.1, 0.15) is 0 Å². The van der Waals surface area contributed by atoms with E-state index < -0.39 is 21.0 Å². The molecule has 0 heterocycles. The Balaban J connectivity index is 0.00000281. The van der Waals surface area contributed by atoms with Gasteiger partial charge in [-0.1, -0.05) is 0 Å². The van der Waals surface area contributed by atoms with E-state index in [-0.39, 0.29) is 46.5 Å². The number of rotatable bonds is 4. The zero-order chi connectivity index (χ0) is 34.8. The van der Waals surface area contributed by atoms with Gasteiger partial charge in [0.15, 0.2) is 0 Å². The maximum absolute atomic E-state index is 3.05. The Morgan fingerprint density at radius 1 is 0.520 bits per heavy atom. The Labute approximate surface area is 323 Å².